The fourth-order valence-corrected chi connectivity index (χ4v) is 11.2. The maximum Gasteiger partial charge on any atom is 0.0547 e. The number of hydrogen-bond acceptors (Lipinski definition) is 1. The topological polar surface area (TPSA) is 13.1 Å². The van der Waals surface area contributed by atoms with Crippen LogP contribution in [0.15, 0.2) is 285 Å². The molecule has 14 aromatic rings. The molecule has 0 spiro atoms. The maximum absolute atomic E-state index is 2.41. The zero-order valence-electron chi connectivity index (χ0n) is 40.0. The molecule has 73 heavy (non-hydrogen) atoms. The van der Waals surface area contributed by atoms with Crippen LogP contribution in [-0.2, 0) is 0 Å². The second-order valence-electron chi connectivity index (χ2n) is 18.9. The number of fused-ring (bicyclic) bond motifs is 7. The van der Waals surface area contributed by atoms with Crippen molar-refractivity contribution in [2.75, 3.05) is 4.90 Å². The van der Waals surface area contributed by atoms with Crippen molar-refractivity contribution in [3.8, 4) is 55.9 Å². The van der Waals surface area contributed by atoms with Crippen LogP contribution in [0.4, 0.5) is 17.1 Å². The van der Waals surface area contributed by atoms with Gasteiger partial charge in [-0.05, 0) is 147 Å². The summed E-state index contributed by atoms with van der Waals surface area (Å²) < 4.78 is 4.81. The Labute approximate surface area is 424 Å². The predicted molar refractivity (Wildman–Crippen MR) is 309 cm³/mol. The maximum atomic E-state index is 2.41. The fourth-order valence-electron chi connectivity index (χ4n) is 11.2. The van der Waals surface area contributed by atoms with Crippen LogP contribution in [0.3, 0.4) is 0 Å². The molecule has 0 atom stereocenters. The Bertz CT molecular complexity index is 4160. The van der Waals surface area contributed by atoms with E-state index in [9.17, 15) is 0 Å². The molecule has 3 nitrogen and oxygen atoms in total. The van der Waals surface area contributed by atoms with E-state index in [1.54, 1.807) is 0 Å². The summed E-state index contributed by atoms with van der Waals surface area (Å²) in [7, 11) is 0. The first-order chi connectivity index (χ1) is 36.2. The van der Waals surface area contributed by atoms with E-state index in [4.69, 9.17) is 0 Å². The first kappa shape index (κ1) is 42.2. The molecule has 2 aromatic heterocycles. The molecule has 0 bridgehead atoms. The van der Waals surface area contributed by atoms with Crippen LogP contribution in [0.25, 0.3) is 110 Å². The number of anilines is 3. The van der Waals surface area contributed by atoms with Gasteiger partial charge in [-0.1, -0.05) is 188 Å². The van der Waals surface area contributed by atoms with Gasteiger partial charge in [0.2, 0.25) is 0 Å². The van der Waals surface area contributed by atoms with Gasteiger partial charge in [-0.3, -0.25) is 0 Å². The molecule has 0 aliphatic rings. The van der Waals surface area contributed by atoms with E-state index in [1.165, 1.54) is 76.6 Å². The van der Waals surface area contributed by atoms with Gasteiger partial charge < -0.3 is 14.0 Å². The molecule has 0 unspecified atom stereocenters. The molecule has 3 heteroatoms. The first-order valence-electron chi connectivity index (χ1n) is 25.1. The Morgan fingerprint density at radius 2 is 0.589 bits per heavy atom. The molecule has 0 N–H and O–H groups in total. The van der Waals surface area contributed by atoms with E-state index in [1.807, 2.05) is 0 Å². The minimum absolute atomic E-state index is 1.11. The zero-order chi connectivity index (χ0) is 48.2. The summed E-state index contributed by atoms with van der Waals surface area (Å²) in [5.74, 6) is 0. The van der Waals surface area contributed by atoms with Crippen molar-refractivity contribution in [2.24, 2.45) is 0 Å². The molecule has 0 aliphatic carbocycles. The minimum atomic E-state index is 1.11. The average Bonchev–Trinajstić information content (AvgIpc) is 3.98. The predicted octanol–water partition coefficient (Wildman–Crippen LogP) is 19.2. The molecular weight excluding hydrogens is 883 g/mol. The molecule has 14 rings (SSSR count). The summed E-state index contributed by atoms with van der Waals surface area (Å²) in [5, 5.41) is 7.41. The van der Waals surface area contributed by atoms with E-state index in [-0.39, 0.29) is 0 Å². The highest BCUT2D eigenvalue weighted by Gasteiger charge is 2.19. The van der Waals surface area contributed by atoms with Crippen LogP contribution in [-0.4, -0.2) is 9.13 Å². The number of para-hydroxylation sites is 5. The number of benzene rings is 12. The lowest BCUT2D eigenvalue weighted by Crippen LogP contribution is -2.10. The van der Waals surface area contributed by atoms with Crippen molar-refractivity contribution in [1.82, 2.24) is 9.13 Å². The summed E-state index contributed by atoms with van der Waals surface area (Å²) >= 11 is 0. The minimum Gasteiger partial charge on any atom is -0.310 e. The summed E-state index contributed by atoms with van der Waals surface area (Å²) in [6.07, 6.45) is 0. The number of hydrogen-bond donors (Lipinski definition) is 0. The van der Waals surface area contributed by atoms with Gasteiger partial charge in [0.15, 0.2) is 0 Å². The van der Waals surface area contributed by atoms with Crippen molar-refractivity contribution in [2.45, 2.75) is 0 Å². The second kappa shape index (κ2) is 17.6. The number of rotatable bonds is 9. The molecule has 0 fully saturated rings. The lowest BCUT2D eigenvalue weighted by Gasteiger charge is -2.27. The SMILES string of the molecule is c1ccc(N(c2ccc(-c3ccc(-c4cc(-c5ccc6c7ccccc7n(-c7ccccc7)c6c5)cc(-c5ccc6c7ccccc7n(-c7ccccc7)c6c5)c4)cc3)cc2)c2cccc3ccccc23)cc1. The Morgan fingerprint density at radius 3 is 1.12 bits per heavy atom. The van der Waals surface area contributed by atoms with Crippen LogP contribution < -0.4 is 4.90 Å². The van der Waals surface area contributed by atoms with E-state index >= 15 is 0 Å². The molecule has 0 aliphatic heterocycles. The molecular formula is C70H47N3. The van der Waals surface area contributed by atoms with E-state index < -0.39 is 0 Å². The molecule has 0 amide bonds. The lowest BCUT2D eigenvalue weighted by molar-refractivity contribution is 1.18. The van der Waals surface area contributed by atoms with Gasteiger partial charge in [0.25, 0.3) is 0 Å². The third-order valence-electron chi connectivity index (χ3n) is 14.7. The van der Waals surface area contributed by atoms with Gasteiger partial charge in [-0.15, -0.1) is 0 Å². The van der Waals surface area contributed by atoms with Gasteiger partial charge in [0.1, 0.15) is 0 Å². The van der Waals surface area contributed by atoms with Gasteiger partial charge in [-0.2, -0.15) is 0 Å². The van der Waals surface area contributed by atoms with Crippen molar-refractivity contribution < 1.29 is 0 Å². The zero-order valence-corrected chi connectivity index (χ0v) is 40.0. The third-order valence-corrected chi connectivity index (χ3v) is 14.7. The van der Waals surface area contributed by atoms with Crippen LogP contribution in [0.2, 0.25) is 0 Å². The molecule has 0 saturated heterocycles. The van der Waals surface area contributed by atoms with Gasteiger partial charge in [0, 0.05) is 49.7 Å². The summed E-state index contributed by atoms with van der Waals surface area (Å²) in [6.45, 7) is 0. The molecule has 342 valence electrons. The van der Waals surface area contributed by atoms with Crippen molar-refractivity contribution >= 4 is 71.4 Å². The van der Waals surface area contributed by atoms with Crippen molar-refractivity contribution in [3.63, 3.8) is 0 Å². The Morgan fingerprint density at radius 1 is 0.219 bits per heavy atom. The number of aromatic nitrogens is 2. The summed E-state index contributed by atoms with van der Waals surface area (Å²) in [4.78, 5) is 2.36. The highest BCUT2D eigenvalue weighted by atomic mass is 15.1. The third kappa shape index (κ3) is 7.37. The standard InChI is InChI=1S/C70H47N3/c1-4-19-57(20-5-1)71(66-30-16-18-51-17-10-11-25-61(51)66)60-39-35-49(36-40-60)48-31-33-50(34-32-48)54-43-55(52-37-41-64-62-26-12-14-28-67(62)72(69(64)46-52)58-21-6-2-7-22-58)45-56(44-54)53-38-42-65-63-27-13-15-29-68(63)73(70(65)47-53)59-23-8-3-9-24-59/h1-47H. The Hall–Kier alpha value is -9.70. The van der Waals surface area contributed by atoms with E-state index in [0.717, 1.165) is 50.7 Å². The van der Waals surface area contributed by atoms with Crippen molar-refractivity contribution in [1.29, 1.82) is 0 Å². The van der Waals surface area contributed by atoms with Crippen LogP contribution >= 0.6 is 0 Å². The highest BCUT2D eigenvalue weighted by Crippen LogP contribution is 2.42. The molecule has 0 saturated carbocycles. The summed E-state index contributed by atoms with van der Waals surface area (Å²) in [6, 6.07) is 104. The summed E-state index contributed by atoms with van der Waals surface area (Å²) in [5.41, 5.74) is 19.8. The monoisotopic (exact) mass is 929 g/mol. The van der Waals surface area contributed by atoms with Crippen molar-refractivity contribution in [3.05, 3.63) is 285 Å². The van der Waals surface area contributed by atoms with Crippen LogP contribution in [0, 0.1) is 0 Å². The van der Waals surface area contributed by atoms with E-state index in [2.05, 4.69) is 299 Å². The molecule has 12 aromatic carbocycles. The first-order valence-corrected chi connectivity index (χ1v) is 25.1. The van der Waals surface area contributed by atoms with Crippen LogP contribution in [0.5, 0.6) is 0 Å². The lowest BCUT2D eigenvalue weighted by atomic mass is 9.92. The molecule has 0 radical (unpaired) electrons. The average molecular weight is 930 g/mol. The van der Waals surface area contributed by atoms with Crippen LogP contribution in [0.1, 0.15) is 0 Å². The smallest absolute Gasteiger partial charge is 0.0547 e. The number of nitrogens with zero attached hydrogens (tertiary/aromatic N) is 3. The Balaban J connectivity index is 0.890. The second-order valence-corrected chi connectivity index (χ2v) is 18.9. The molecule has 2 heterocycles. The van der Waals surface area contributed by atoms with E-state index in [0.29, 0.717) is 0 Å². The van der Waals surface area contributed by atoms with Gasteiger partial charge in [0.05, 0.1) is 27.8 Å². The Kier molecular flexibility index (Phi) is 10.2. The normalized spacial score (nSPS) is 11.6. The fraction of sp³-hybridized carbons (Fsp3) is 0. The highest BCUT2D eigenvalue weighted by molar-refractivity contribution is 6.12. The van der Waals surface area contributed by atoms with Gasteiger partial charge in [-0.25, -0.2) is 0 Å². The quantitative estimate of drug-likeness (QED) is 0.141. The van der Waals surface area contributed by atoms with Gasteiger partial charge >= 0.3 is 0 Å². The largest absolute Gasteiger partial charge is 0.310 e.